The van der Waals surface area contributed by atoms with Crippen molar-refractivity contribution in [2.24, 2.45) is 4.99 Å². The third kappa shape index (κ3) is 4.44. The second-order valence-corrected chi connectivity index (χ2v) is 6.12. The Kier molecular flexibility index (Phi) is 4.38. The van der Waals surface area contributed by atoms with Gasteiger partial charge in [0.25, 0.3) is 0 Å². The molecular weight excluding hydrogens is 326 g/mol. The molecule has 0 amide bonds. The summed E-state index contributed by atoms with van der Waals surface area (Å²) in [6.07, 6.45) is -3.10. The predicted molar refractivity (Wildman–Crippen MR) is 80.9 cm³/mol. The molecule has 0 unspecified atom stereocenters. The molecule has 0 aliphatic carbocycles. The zero-order valence-electron chi connectivity index (χ0n) is 15.8. The number of hydrogen-bond donors (Lipinski definition) is 0. The van der Waals surface area contributed by atoms with Crippen molar-refractivity contribution in [1.29, 1.82) is 0 Å². The van der Waals surface area contributed by atoms with Gasteiger partial charge >= 0.3 is 17.9 Å². The van der Waals surface area contributed by atoms with Gasteiger partial charge in [0, 0.05) is 24.9 Å². The minimum Gasteiger partial charge on any atom is -0.463 e. The molecule has 5 atom stereocenters. The Balaban J connectivity index is 2.34. The van der Waals surface area contributed by atoms with Crippen molar-refractivity contribution in [1.82, 2.24) is 0 Å². The van der Waals surface area contributed by atoms with Crippen molar-refractivity contribution in [2.75, 3.05) is 6.61 Å². The number of esters is 3. The van der Waals surface area contributed by atoms with Crippen molar-refractivity contribution in [2.45, 2.75) is 57.4 Å². The molecule has 2 heterocycles. The summed E-state index contributed by atoms with van der Waals surface area (Å²) >= 11 is 0.884. The second-order valence-electron chi connectivity index (χ2n) is 5.04. The van der Waals surface area contributed by atoms with Crippen LogP contribution in [0.3, 0.4) is 0 Å². The van der Waals surface area contributed by atoms with Crippen LogP contribution in [-0.4, -0.2) is 59.3 Å². The SMILES string of the molecule is [2H]C([2H])([2H])C1=N[C@@H]2[C@@H](OC(C)=O)[C@H](OC(C)=O)[C@@H](COC(C)=O)O[C@@H]2S1. The number of aliphatic imine (C=N–C) groups is 1. The zero-order chi connectivity index (χ0) is 19.6. The first-order chi connectivity index (χ1) is 12.0. The van der Waals surface area contributed by atoms with Crippen LogP contribution < -0.4 is 0 Å². The van der Waals surface area contributed by atoms with Crippen LogP contribution >= 0.6 is 11.8 Å². The minimum absolute atomic E-state index is 0.139. The first kappa shape index (κ1) is 13.8. The summed E-state index contributed by atoms with van der Waals surface area (Å²) in [6, 6.07) is -0.864. The van der Waals surface area contributed by atoms with E-state index in [-0.39, 0.29) is 11.7 Å². The Morgan fingerprint density at radius 1 is 1.17 bits per heavy atom. The Morgan fingerprint density at radius 3 is 2.39 bits per heavy atom. The van der Waals surface area contributed by atoms with Crippen LogP contribution in [0.4, 0.5) is 0 Å². The van der Waals surface area contributed by atoms with Gasteiger partial charge in [0.1, 0.15) is 24.2 Å². The first-order valence-corrected chi connectivity index (χ1v) is 7.75. The summed E-state index contributed by atoms with van der Waals surface area (Å²) in [6.45, 7) is 0.843. The fourth-order valence-corrected chi connectivity index (χ4v) is 3.35. The lowest BCUT2D eigenvalue weighted by atomic mass is 9.98. The largest absolute Gasteiger partial charge is 0.463 e. The number of carbonyl (C=O) groups is 3. The highest BCUT2D eigenvalue weighted by atomic mass is 32.2. The quantitative estimate of drug-likeness (QED) is 0.540. The molecular formula is C14H19NO7S. The standard InChI is InChI=1S/C14H19NO7S/c1-6-15-11-13(21-9(4)18)12(20-8(3)17)10(5-19-7(2)16)22-14(11)23-6/h10-14H,5H2,1-4H3/t10-,11-,12-,13-,14-/m1/s1/i1D3. The molecule has 8 nitrogen and oxygen atoms in total. The Bertz CT molecular complexity index is 624. The number of carbonyl (C=O) groups excluding carboxylic acids is 3. The molecule has 0 aromatic carbocycles. The summed E-state index contributed by atoms with van der Waals surface area (Å²) in [5, 5.41) is -0.139. The maximum absolute atomic E-state index is 11.5. The van der Waals surface area contributed by atoms with Crippen molar-refractivity contribution in [3.8, 4) is 0 Å². The van der Waals surface area contributed by atoms with E-state index < -0.39 is 54.5 Å². The van der Waals surface area contributed by atoms with Crippen molar-refractivity contribution in [3.05, 3.63) is 0 Å². The lowest BCUT2D eigenvalue weighted by Crippen LogP contribution is -2.59. The summed E-state index contributed by atoms with van der Waals surface area (Å²) in [5.41, 5.74) is -0.776. The van der Waals surface area contributed by atoms with Crippen LogP contribution in [0.5, 0.6) is 0 Å². The van der Waals surface area contributed by atoms with Gasteiger partial charge in [0.2, 0.25) is 0 Å². The molecule has 23 heavy (non-hydrogen) atoms. The number of ether oxygens (including phenoxy) is 4. The van der Waals surface area contributed by atoms with E-state index in [0.29, 0.717) is 0 Å². The average molecular weight is 348 g/mol. The fourth-order valence-electron chi connectivity index (χ4n) is 2.40. The predicted octanol–water partition coefficient (Wildman–Crippen LogP) is 0.672. The number of thioether (sulfide) groups is 1. The van der Waals surface area contributed by atoms with Crippen molar-refractivity contribution < 1.29 is 37.4 Å². The lowest BCUT2D eigenvalue weighted by Gasteiger charge is -2.41. The third-order valence-corrected chi connectivity index (χ3v) is 4.11. The maximum Gasteiger partial charge on any atom is 0.303 e. The molecule has 0 saturated carbocycles. The summed E-state index contributed by atoms with van der Waals surface area (Å²) in [7, 11) is 0. The molecule has 0 aromatic rings. The van der Waals surface area contributed by atoms with E-state index in [0.717, 1.165) is 11.8 Å². The first-order valence-electron chi connectivity index (χ1n) is 8.37. The van der Waals surface area contributed by atoms with E-state index in [9.17, 15) is 14.4 Å². The molecule has 128 valence electrons. The Hall–Kier alpha value is -1.61. The molecule has 0 bridgehead atoms. The monoisotopic (exact) mass is 348 g/mol. The van der Waals surface area contributed by atoms with E-state index in [1.807, 2.05) is 0 Å². The molecule has 0 radical (unpaired) electrons. The van der Waals surface area contributed by atoms with Crippen LogP contribution in [-0.2, 0) is 33.3 Å². The van der Waals surface area contributed by atoms with E-state index in [1.165, 1.54) is 20.8 Å². The smallest absolute Gasteiger partial charge is 0.303 e. The molecule has 2 rings (SSSR count). The summed E-state index contributed by atoms with van der Waals surface area (Å²) in [4.78, 5) is 38.2. The molecule has 9 heteroatoms. The van der Waals surface area contributed by atoms with Gasteiger partial charge in [-0.3, -0.25) is 19.4 Å². The van der Waals surface area contributed by atoms with E-state index >= 15 is 0 Å². The average Bonchev–Trinajstić information content (AvgIpc) is 2.90. The van der Waals surface area contributed by atoms with Gasteiger partial charge < -0.3 is 18.9 Å². The molecule has 1 fully saturated rings. The van der Waals surface area contributed by atoms with E-state index in [4.69, 9.17) is 23.1 Å². The van der Waals surface area contributed by atoms with Gasteiger partial charge in [0.15, 0.2) is 12.2 Å². The molecule has 1 saturated heterocycles. The highest BCUT2D eigenvalue weighted by molar-refractivity contribution is 8.14. The number of hydrogen-bond acceptors (Lipinski definition) is 9. The number of nitrogens with zero attached hydrogens (tertiary/aromatic N) is 1. The number of fused-ring (bicyclic) bond motifs is 1. The van der Waals surface area contributed by atoms with Crippen LogP contribution in [0.25, 0.3) is 0 Å². The van der Waals surface area contributed by atoms with Gasteiger partial charge in [-0.1, -0.05) is 11.8 Å². The molecule has 0 spiro atoms. The van der Waals surface area contributed by atoms with Crippen LogP contribution in [0.15, 0.2) is 4.99 Å². The van der Waals surface area contributed by atoms with Crippen molar-refractivity contribution >= 4 is 34.7 Å². The normalized spacial score (nSPS) is 35.0. The number of rotatable bonds is 4. The highest BCUT2D eigenvalue weighted by Gasteiger charge is 2.52. The van der Waals surface area contributed by atoms with Gasteiger partial charge in [-0.15, -0.1) is 0 Å². The van der Waals surface area contributed by atoms with Crippen LogP contribution in [0.2, 0.25) is 0 Å². The highest BCUT2D eigenvalue weighted by Crippen LogP contribution is 2.38. The van der Waals surface area contributed by atoms with Gasteiger partial charge in [-0.2, -0.15) is 0 Å². The second kappa shape index (κ2) is 7.31. The maximum atomic E-state index is 11.5. The topological polar surface area (TPSA) is 100 Å². The van der Waals surface area contributed by atoms with Gasteiger partial charge in [-0.25, -0.2) is 0 Å². The lowest BCUT2D eigenvalue weighted by molar-refractivity contribution is -0.208. The van der Waals surface area contributed by atoms with Crippen LogP contribution in [0.1, 0.15) is 31.7 Å². The molecule has 2 aliphatic rings. The van der Waals surface area contributed by atoms with Gasteiger partial charge in [-0.05, 0) is 6.85 Å². The fraction of sp³-hybridized carbons (Fsp3) is 0.714. The van der Waals surface area contributed by atoms with Gasteiger partial charge in [0.05, 0.1) is 5.04 Å². The Morgan fingerprint density at radius 2 is 1.83 bits per heavy atom. The van der Waals surface area contributed by atoms with Crippen LogP contribution in [0, 0.1) is 0 Å². The van der Waals surface area contributed by atoms with E-state index in [1.54, 1.807) is 0 Å². The molecule has 0 N–H and O–H groups in total. The third-order valence-electron chi connectivity index (χ3n) is 3.16. The molecule has 0 aromatic heterocycles. The Labute approximate surface area is 142 Å². The zero-order valence-corrected chi connectivity index (χ0v) is 13.6. The summed E-state index contributed by atoms with van der Waals surface area (Å²) < 4.78 is 43.7. The molecule has 2 aliphatic heterocycles. The minimum atomic E-state index is -2.45. The summed E-state index contributed by atoms with van der Waals surface area (Å²) in [5.74, 6) is -1.88. The van der Waals surface area contributed by atoms with Crippen molar-refractivity contribution in [3.63, 3.8) is 0 Å². The van der Waals surface area contributed by atoms with E-state index in [2.05, 4.69) is 4.99 Å².